The Balaban J connectivity index is 1.64. The second kappa shape index (κ2) is 9.03. The number of aryl methyl sites for hydroxylation is 3. The number of carbonyl (C=O) groups is 2. The van der Waals surface area contributed by atoms with Crippen LogP contribution >= 0.6 is 0 Å². The van der Waals surface area contributed by atoms with Crippen LogP contribution in [0.25, 0.3) is 11.0 Å². The van der Waals surface area contributed by atoms with E-state index in [2.05, 4.69) is 6.07 Å². The maximum absolute atomic E-state index is 12.5. The second-order valence-electron chi connectivity index (χ2n) is 7.40. The highest BCUT2D eigenvalue weighted by Crippen LogP contribution is 2.29. The zero-order valence-corrected chi connectivity index (χ0v) is 18.1. The first-order valence-corrected chi connectivity index (χ1v) is 9.93. The van der Waals surface area contributed by atoms with Gasteiger partial charge in [0.1, 0.15) is 11.3 Å². The molecule has 0 N–H and O–H groups in total. The molecule has 1 aromatic heterocycles. The summed E-state index contributed by atoms with van der Waals surface area (Å²) < 4.78 is 16.4. The van der Waals surface area contributed by atoms with Gasteiger partial charge in [-0.15, -0.1) is 0 Å². The molecule has 0 aliphatic carbocycles. The molecule has 6 heteroatoms. The molecule has 0 aliphatic heterocycles. The number of furan rings is 1. The maximum atomic E-state index is 12.5. The van der Waals surface area contributed by atoms with Crippen LogP contribution in [0.2, 0.25) is 0 Å². The summed E-state index contributed by atoms with van der Waals surface area (Å²) in [6.07, 6.45) is 0. The number of fused-ring (bicyclic) bond motifs is 1. The van der Waals surface area contributed by atoms with Gasteiger partial charge in [-0.3, -0.25) is 4.79 Å². The van der Waals surface area contributed by atoms with E-state index in [1.165, 1.54) is 5.56 Å². The van der Waals surface area contributed by atoms with E-state index in [-0.39, 0.29) is 18.3 Å². The summed E-state index contributed by atoms with van der Waals surface area (Å²) >= 11 is 0. The number of hydrogen-bond donors (Lipinski definition) is 0. The van der Waals surface area contributed by atoms with Gasteiger partial charge in [0.05, 0.1) is 6.61 Å². The number of hydrogen-bond acceptors (Lipinski definition) is 5. The Hall–Kier alpha value is -3.28. The Morgan fingerprint density at radius 3 is 2.53 bits per heavy atom. The van der Waals surface area contributed by atoms with Crippen molar-refractivity contribution in [3.8, 4) is 5.75 Å². The molecule has 2 aromatic carbocycles. The lowest BCUT2D eigenvalue weighted by atomic mass is 10.1. The smallest absolute Gasteiger partial charge is 0.375 e. The monoisotopic (exact) mass is 409 g/mol. The van der Waals surface area contributed by atoms with Crippen LogP contribution in [0.3, 0.4) is 0 Å². The second-order valence-corrected chi connectivity index (χ2v) is 7.40. The fourth-order valence-electron chi connectivity index (χ4n) is 3.32. The van der Waals surface area contributed by atoms with Crippen molar-refractivity contribution in [3.05, 3.63) is 64.4 Å². The van der Waals surface area contributed by atoms with Crippen LogP contribution < -0.4 is 4.74 Å². The summed E-state index contributed by atoms with van der Waals surface area (Å²) in [6.45, 7) is 8.39. The summed E-state index contributed by atoms with van der Waals surface area (Å²) in [5.41, 5.74) is 4.58. The molecule has 30 heavy (non-hydrogen) atoms. The summed E-state index contributed by atoms with van der Waals surface area (Å²) in [5, 5.41) is 0.784. The van der Waals surface area contributed by atoms with Gasteiger partial charge < -0.3 is 18.8 Å². The highest BCUT2D eigenvalue weighted by Gasteiger charge is 2.21. The molecule has 0 aliphatic rings. The third kappa shape index (κ3) is 4.64. The average Bonchev–Trinajstić information content (AvgIpc) is 3.04. The highest BCUT2D eigenvalue weighted by atomic mass is 16.5. The van der Waals surface area contributed by atoms with Gasteiger partial charge in [0.15, 0.2) is 6.61 Å². The first kappa shape index (κ1) is 21.4. The molecular weight excluding hydrogens is 382 g/mol. The van der Waals surface area contributed by atoms with Crippen LogP contribution in [0.15, 0.2) is 40.8 Å². The molecule has 0 spiro atoms. The number of nitrogens with zero attached hydrogens (tertiary/aromatic N) is 1. The third-order valence-electron chi connectivity index (χ3n) is 5.06. The van der Waals surface area contributed by atoms with Crippen LogP contribution in [0, 0.1) is 20.8 Å². The lowest BCUT2D eigenvalue weighted by Gasteiger charge is -2.18. The summed E-state index contributed by atoms with van der Waals surface area (Å²) in [7, 11) is 1.69. The molecule has 3 rings (SSSR count). The zero-order chi connectivity index (χ0) is 21.8. The molecule has 0 bridgehead atoms. The van der Waals surface area contributed by atoms with Crippen molar-refractivity contribution in [1.82, 2.24) is 4.90 Å². The Morgan fingerprint density at radius 1 is 1.07 bits per heavy atom. The fraction of sp³-hybridized carbons (Fsp3) is 0.333. The molecule has 0 saturated carbocycles. The van der Waals surface area contributed by atoms with E-state index in [4.69, 9.17) is 13.9 Å². The minimum absolute atomic E-state index is 0.100. The predicted molar refractivity (Wildman–Crippen MR) is 115 cm³/mol. The van der Waals surface area contributed by atoms with Crippen LogP contribution in [0.4, 0.5) is 0 Å². The molecule has 1 heterocycles. The van der Waals surface area contributed by atoms with Crippen molar-refractivity contribution < 1.29 is 23.5 Å². The summed E-state index contributed by atoms with van der Waals surface area (Å²) in [5.74, 6) is -0.133. The van der Waals surface area contributed by atoms with Gasteiger partial charge in [0, 0.05) is 24.5 Å². The zero-order valence-electron chi connectivity index (χ0n) is 18.1. The van der Waals surface area contributed by atoms with Gasteiger partial charge in [-0.05, 0) is 57.0 Å². The van der Waals surface area contributed by atoms with Gasteiger partial charge in [-0.1, -0.05) is 23.8 Å². The molecular formula is C24H27NO5. The lowest BCUT2D eigenvalue weighted by molar-refractivity contribution is -0.133. The van der Waals surface area contributed by atoms with Crippen molar-refractivity contribution in [2.75, 3.05) is 20.3 Å². The van der Waals surface area contributed by atoms with Gasteiger partial charge in [0.2, 0.25) is 5.76 Å². The Kier molecular flexibility index (Phi) is 6.45. The molecule has 0 unspecified atom stereocenters. The number of carbonyl (C=O) groups excluding carboxylic acids is 2. The molecule has 0 atom stereocenters. The average molecular weight is 409 g/mol. The largest absolute Gasteiger partial charge is 0.494 e. The third-order valence-corrected chi connectivity index (χ3v) is 5.06. The van der Waals surface area contributed by atoms with Crippen molar-refractivity contribution in [3.63, 3.8) is 0 Å². The van der Waals surface area contributed by atoms with Gasteiger partial charge in [-0.2, -0.15) is 0 Å². The Labute approximate surface area is 176 Å². The van der Waals surface area contributed by atoms with Crippen LogP contribution in [-0.2, 0) is 16.1 Å². The highest BCUT2D eigenvalue weighted by molar-refractivity contribution is 5.97. The van der Waals surface area contributed by atoms with E-state index < -0.39 is 5.97 Å². The van der Waals surface area contributed by atoms with E-state index in [9.17, 15) is 9.59 Å². The summed E-state index contributed by atoms with van der Waals surface area (Å²) in [4.78, 5) is 26.5. The van der Waals surface area contributed by atoms with E-state index in [1.54, 1.807) is 31.0 Å². The van der Waals surface area contributed by atoms with Crippen molar-refractivity contribution >= 4 is 22.8 Å². The minimum Gasteiger partial charge on any atom is -0.494 e. The van der Waals surface area contributed by atoms with E-state index >= 15 is 0 Å². The molecule has 3 aromatic rings. The molecule has 6 nitrogen and oxygen atoms in total. The Bertz CT molecular complexity index is 1080. The lowest BCUT2D eigenvalue weighted by Crippen LogP contribution is -2.31. The van der Waals surface area contributed by atoms with E-state index in [1.807, 2.05) is 39.0 Å². The van der Waals surface area contributed by atoms with Crippen LogP contribution in [0.1, 0.15) is 39.7 Å². The molecule has 0 fully saturated rings. The molecule has 0 radical (unpaired) electrons. The molecule has 0 saturated heterocycles. The number of likely N-dealkylation sites (N-methyl/N-ethyl adjacent to an activating group) is 1. The first-order valence-electron chi connectivity index (χ1n) is 9.93. The predicted octanol–water partition coefficient (Wildman–Crippen LogP) is 4.57. The number of rotatable bonds is 7. The van der Waals surface area contributed by atoms with Crippen LogP contribution in [0.5, 0.6) is 5.75 Å². The number of benzene rings is 2. The molecule has 1 amide bonds. The van der Waals surface area contributed by atoms with Crippen molar-refractivity contribution in [2.24, 2.45) is 0 Å². The maximum Gasteiger partial charge on any atom is 0.375 e. The standard InChI is InChI=1S/C24H27NO5/c1-6-28-19-9-10-21-20(12-19)17(4)23(30-21)24(27)29-14-22(26)25(5)13-18-8-7-15(2)11-16(18)3/h7-12H,6,13-14H2,1-5H3. The number of ether oxygens (including phenoxy) is 2. The Morgan fingerprint density at radius 2 is 1.83 bits per heavy atom. The van der Waals surface area contributed by atoms with E-state index in [0.29, 0.717) is 30.0 Å². The van der Waals surface area contributed by atoms with Gasteiger partial charge in [0.25, 0.3) is 5.91 Å². The van der Waals surface area contributed by atoms with Crippen LogP contribution in [-0.4, -0.2) is 37.0 Å². The van der Waals surface area contributed by atoms with Gasteiger partial charge >= 0.3 is 5.97 Å². The summed E-state index contributed by atoms with van der Waals surface area (Å²) in [6, 6.07) is 11.5. The normalized spacial score (nSPS) is 10.8. The van der Waals surface area contributed by atoms with Crippen molar-refractivity contribution in [1.29, 1.82) is 0 Å². The van der Waals surface area contributed by atoms with E-state index in [0.717, 1.165) is 16.5 Å². The number of amides is 1. The number of esters is 1. The quantitative estimate of drug-likeness (QED) is 0.535. The molecule has 158 valence electrons. The fourth-order valence-corrected chi connectivity index (χ4v) is 3.32. The SMILES string of the molecule is CCOc1ccc2oc(C(=O)OCC(=O)N(C)Cc3ccc(C)cc3C)c(C)c2c1. The minimum atomic E-state index is -0.657. The van der Waals surface area contributed by atoms with Gasteiger partial charge in [-0.25, -0.2) is 4.79 Å². The topological polar surface area (TPSA) is 69.0 Å². The van der Waals surface area contributed by atoms with Crippen molar-refractivity contribution in [2.45, 2.75) is 34.2 Å². The first-order chi connectivity index (χ1) is 14.3.